The molecule has 4 nitrogen and oxygen atoms in total. The summed E-state index contributed by atoms with van der Waals surface area (Å²) in [7, 11) is 0. The zero-order valence-corrected chi connectivity index (χ0v) is 12.1. The van der Waals surface area contributed by atoms with Gasteiger partial charge in [0, 0.05) is 18.7 Å². The molecule has 0 amide bonds. The van der Waals surface area contributed by atoms with E-state index in [0.717, 1.165) is 35.6 Å². The number of carboxylic acid groups (broad SMARTS) is 1. The quantitative estimate of drug-likeness (QED) is 0.939. The minimum absolute atomic E-state index is 0.107. The van der Waals surface area contributed by atoms with Gasteiger partial charge in [0.2, 0.25) is 0 Å². The molecule has 0 spiro atoms. The highest BCUT2D eigenvalue weighted by molar-refractivity contribution is 7.08. The fraction of sp³-hybridized carbons (Fsp3) is 0.333. The predicted molar refractivity (Wildman–Crippen MR) is 79.3 cm³/mol. The first-order chi connectivity index (χ1) is 9.65. The van der Waals surface area contributed by atoms with Crippen LogP contribution in [0.1, 0.15) is 29.4 Å². The van der Waals surface area contributed by atoms with E-state index in [1.807, 2.05) is 29.8 Å². The van der Waals surface area contributed by atoms with Gasteiger partial charge < -0.3 is 10.0 Å². The van der Waals surface area contributed by atoms with Crippen molar-refractivity contribution in [2.75, 3.05) is 11.4 Å². The zero-order valence-electron chi connectivity index (χ0n) is 11.2. The topological polar surface area (TPSA) is 53.4 Å². The van der Waals surface area contributed by atoms with E-state index in [9.17, 15) is 9.90 Å². The molecule has 3 rings (SSSR count). The Morgan fingerprint density at radius 3 is 3.05 bits per heavy atom. The molecule has 1 atom stereocenters. The SMILES string of the molecule is Cc1ccc2c(n1)CCN2C(CC(=O)O)c1ccsc1. The smallest absolute Gasteiger partial charge is 0.305 e. The number of aliphatic carboxylic acids is 1. The fourth-order valence-corrected chi connectivity index (χ4v) is 3.46. The molecular formula is C15H16N2O2S. The summed E-state index contributed by atoms with van der Waals surface area (Å²) < 4.78 is 0. The average molecular weight is 288 g/mol. The summed E-state index contributed by atoms with van der Waals surface area (Å²) in [4.78, 5) is 17.9. The Kier molecular flexibility index (Phi) is 3.44. The summed E-state index contributed by atoms with van der Waals surface area (Å²) in [6.07, 6.45) is 1.00. The van der Waals surface area contributed by atoms with Gasteiger partial charge in [0.1, 0.15) is 0 Å². The summed E-state index contributed by atoms with van der Waals surface area (Å²) >= 11 is 1.60. The first-order valence-corrected chi connectivity index (χ1v) is 7.56. The molecule has 0 saturated heterocycles. The van der Waals surface area contributed by atoms with E-state index in [0.29, 0.717) is 0 Å². The molecular weight excluding hydrogens is 272 g/mol. The predicted octanol–water partition coefficient (Wildman–Crippen LogP) is 3.03. The van der Waals surface area contributed by atoms with Gasteiger partial charge in [-0.3, -0.25) is 9.78 Å². The van der Waals surface area contributed by atoms with Gasteiger partial charge in [0.05, 0.1) is 23.8 Å². The molecule has 2 aromatic heterocycles. The Balaban J connectivity index is 1.96. The molecule has 1 N–H and O–H groups in total. The molecule has 20 heavy (non-hydrogen) atoms. The molecule has 0 radical (unpaired) electrons. The first kappa shape index (κ1) is 13.1. The number of anilines is 1. The van der Waals surface area contributed by atoms with Crippen LogP contribution in [0.25, 0.3) is 0 Å². The number of hydrogen-bond donors (Lipinski definition) is 1. The Morgan fingerprint density at radius 1 is 1.50 bits per heavy atom. The number of carboxylic acids is 1. The van der Waals surface area contributed by atoms with Crippen LogP contribution in [0.2, 0.25) is 0 Å². The van der Waals surface area contributed by atoms with Crippen LogP contribution in [0, 0.1) is 6.92 Å². The van der Waals surface area contributed by atoms with E-state index in [4.69, 9.17) is 0 Å². The Bertz CT molecular complexity index is 625. The highest BCUT2D eigenvalue weighted by Crippen LogP contribution is 2.36. The van der Waals surface area contributed by atoms with E-state index in [2.05, 4.69) is 16.0 Å². The molecule has 2 aromatic rings. The van der Waals surface area contributed by atoms with Crippen molar-refractivity contribution in [2.24, 2.45) is 0 Å². The molecule has 0 aliphatic carbocycles. The Hall–Kier alpha value is -1.88. The summed E-state index contributed by atoms with van der Waals surface area (Å²) in [6, 6.07) is 5.95. The molecule has 1 unspecified atom stereocenters. The maximum Gasteiger partial charge on any atom is 0.305 e. The van der Waals surface area contributed by atoms with Gasteiger partial charge in [-0.1, -0.05) is 0 Å². The van der Waals surface area contributed by atoms with Gasteiger partial charge in [-0.15, -0.1) is 0 Å². The van der Waals surface area contributed by atoms with Crippen molar-refractivity contribution in [3.8, 4) is 0 Å². The van der Waals surface area contributed by atoms with Gasteiger partial charge in [0.25, 0.3) is 0 Å². The summed E-state index contributed by atoms with van der Waals surface area (Å²) in [5.74, 6) is -0.769. The zero-order chi connectivity index (χ0) is 14.1. The van der Waals surface area contributed by atoms with E-state index in [-0.39, 0.29) is 12.5 Å². The van der Waals surface area contributed by atoms with Gasteiger partial charge in [-0.2, -0.15) is 11.3 Å². The molecule has 5 heteroatoms. The van der Waals surface area contributed by atoms with Gasteiger partial charge in [-0.25, -0.2) is 0 Å². The first-order valence-electron chi connectivity index (χ1n) is 6.62. The second-order valence-corrected chi connectivity index (χ2v) is 5.81. The molecule has 0 fully saturated rings. The van der Waals surface area contributed by atoms with Gasteiger partial charge >= 0.3 is 5.97 Å². The summed E-state index contributed by atoms with van der Waals surface area (Å²) in [5, 5.41) is 13.2. The molecule has 0 aromatic carbocycles. The van der Waals surface area contributed by atoms with Crippen LogP contribution in [0.5, 0.6) is 0 Å². The maximum absolute atomic E-state index is 11.2. The number of fused-ring (bicyclic) bond motifs is 1. The summed E-state index contributed by atoms with van der Waals surface area (Å²) in [6.45, 7) is 2.82. The van der Waals surface area contributed by atoms with E-state index in [1.54, 1.807) is 11.3 Å². The van der Waals surface area contributed by atoms with Crippen molar-refractivity contribution in [1.29, 1.82) is 0 Å². The van der Waals surface area contributed by atoms with E-state index in [1.165, 1.54) is 0 Å². The highest BCUT2D eigenvalue weighted by Gasteiger charge is 2.29. The number of thiophene rings is 1. The third-order valence-corrected chi connectivity index (χ3v) is 4.36. The molecule has 0 bridgehead atoms. The van der Waals surface area contributed by atoms with Crippen LogP contribution >= 0.6 is 11.3 Å². The van der Waals surface area contributed by atoms with Crippen LogP contribution in [0.4, 0.5) is 5.69 Å². The number of nitrogens with zero attached hydrogens (tertiary/aromatic N) is 2. The number of carbonyl (C=O) groups is 1. The second kappa shape index (κ2) is 5.25. The minimum Gasteiger partial charge on any atom is -0.481 e. The van der Waals surface area contributed by atoms with Crippen LogP contribution < -0.4 is 4.90 Å². The van der Waals surface area contributed by atoms with Crippen LogP contribution in [0.3, 0.4) is 0 Å². The van der Waals surface area contributed by atoms with E-state index >= 15 is 0 Å². The molecule has 104 valence electrons. The van der Waals surface area contributed by atoms with Crippen molar-refractivity contribution >= 4 is 23.0 Å². The number of hydrogen-bond acceptors (Lipinski definition) is 4. The second-order valence-electron chi connectivity index (χ2n) is 5.03. The summed E-state index contributed by atoms with van der Waals surface area (Å²) in [5.41, 5.74) is 4.24. The average Bonchev–Trinajstić information content (AvgIpc) is 3.04. The van der Waals surface area contributed by atoms with E-state index < -0.39 is 5.97 Å². The van der Waals surface area contributed by atoms with Gasteiger partial charge in [-0.05, 0) is 41.4 Å². The van der Waals surface area contributed by atoms with Crippen molar-refractivity contribution in [2.45, 2.75) is 25.8 Å². The third kappa shape index (κ3) is 2.41. The third-order valence-electron chi connectivity index (χ3n) is 3.66. The maximum atomic E-state index is 11.2. The molecule has 1 aliphatic heterocycles. The van der Waals surface area contributed by atoms with Crippen LogP contribution in [0.15, 0.2) is 29.0 Å². The lowest BCUT2D eigenvalue weighted by Gasteiger charge is -2.28. The lowest BCUT2D eigenvalue weighted by atomic mass is 10.1. The van der Waals surface area contributed by atoms with Crippen molar-refractivity contribution < 1.29 is 9.90 Å². The monoisotopic (exact) mass is 288 g/mol. The number of aromatic nitrogens is 1. The van der Waals surface area contributed by atoms with Crippen molar-refractivity contribution in [3.05, 3.63) is 45.9 Å². The highest BCUT2D eigenvalue weighted by atomic mass is 32.1. The van der Waals surface area contributed by atoms with Gasteiger partial charge in [0.15, 0.2) is 0 Å². The number of pyridine rings is 1. The largest absolute Gasteiger partial charge is 0.481 e. The molecule has 0 saturated carbocycles. The fourth-order valence-electron chi connectivity index (χ4n) is 2.76. The van der Waals surface area contributed by atoms with Crippen LogP contribution in [-0.4, -0.2) is 22.6 Å². The van der Waals surface area contributed by atoms with Crippen molar-refractivity contribution in [1.82, 2.24) is 4.98 Å². The number of rotatable bonds is 4. The lowest BCUT2D eigenvalue weighted by molar-refractivity contribution is -0.137. The van der Waals surface area contributed by atoms with Crippen LogP contribution in [-0.2, 0) is 11.2 Å². The molecule has 1 aliphatic rings. The van der Waals surface area contributed by atoms with Crippen molar-refractivity contribution in [3.63, 3.8) is 0 Å². The lowest BCUT2D eigenvalue weighted by Crippen LogP contribution is -2.28. The standard InChI is InChI=1S/C15H16N2O2S/c1-10-2-3-13-12(16-10)4-6-17(13)14(8-15(18)19)11-5-7-20-9-11/h2-3,5,7,9,14H,4,6,8H2,1H3,(H,18,19). The molecule has 3 heterocycles. The Labute approximate surface area is 121 Å². The normalized spacial score (nSPS) is 15.2. The minimum atomic E-state index is -0.769. The Morgan fingerprint density at radius 2 is 2.35 bits per heavy atom. The number of aryl methyl sites for hydroxylation is 1.